The van der Waals surface area contributed by atoms with Crippen LogP contribution in [0.25, 0.3) is 0 Å². The van der Waals surface area contributed by atoms with Gasteiger partial charge in [0, 0.05) is 18.8 Å². The van der Waals surface area contributed by atoms with E-state index in [9.17, 15) is 0 Å². The number of imidazole rings is 1. The van der Waals surface area contributed by atoms with Gasteiger partial charge in [-0.05, 0) is 46.4 Å². The van der Waals surface area contributed by atoms with Gasteiger partial charge in [0.1, 0.15) is 0 Å². The summed E-state index contributed by atoms with van der Waals surface area (Å²) in [6.07, 6.45) is 6.37. The highest BCUT2D eigenvalue weighted by Crippen LogP contribution is 2.16. The fourth-order valence-electron chi connectivity index (χ4n) is 2.34. The second-order valence-corrected chi connectivity index (χ2v) is 4.84. The monoisotopic (exact) mass is 252 g/mol. The third kappa shape index (κ3) is 4.42. The standard InChI is InChI=1S/C14H28N4/c1-5-17(6-2)9-7-8-13(3)18-12-16-11-14(18)10-15-4/h11-13,15H,5-10H2,1-4H3. The van der Waals surface area contributed by atoms with E-state index in [1.807, 2.05) is 19.6 Å². The summed E-state index contributed by atoms with van der Waals surface area (Å²) in [7, 11) is 1.97. The molecule has 0 amide bonds. The Labute approximate surface area is 111 Å². The molecule has 0 aliphatic rings. The van der Waals surface area contributed by atoms with Crippen molar-refractivity contribution < 1.29 is 0 Å². The first-order chi connectivity index (χ1) is 8.72. The van der Waals surface area contributed by atoms with Gasteiger partial charge in [-0.25, -0.2) is 4.98 Å². The summed E-state index contributed by atoms with van der Waals surface area (Å²) in [5.41, 5.74) is 1.27. The molecule has 4 heteroatoms. The Balaban J connectivity index is 2.40. The van der Waals surface area contributed by atoms with E-state index in [0.717, 1.165) is 19.6 Å². The van der Waals surface area contributed by atoms with Crippen LogP contribution in [0, 0.1) is 0 Å². The van der Waals surface area contributed by atoms with Gasteiger partial charge < -0.3 is 14.8 Å². The zero-order chi connectivity index (χ0) is 13.4. The molecule has 1 unspecified atom stereocenters. The summed E-state index contributed by atoms with van der Waals surface area (Å²) in [4.78, 5) is 6.73. The molecular formula is C14H28N4. The molecule has 104 valence electrons. The molecule has 1 aromatic heterocycles. The number of rotatable bonds is 9. The SMILES string of the molecule is CCN(CC)CCCC(C)n1cncc1CNC. The van der Waals surface area contributed by atoms with E-state index in [4.69, 9.17) is 0 Å². The minimum atomic E-state index is 0.534. The minimum absolute atomic E-state index is 0.534. The fraction of sp³-hybridized carbons (Fsp3) is 0.786. The Bertz CT molecular complexity index is 317. The molecule has 0 saturated heterocycles. The fourth-order valence-corrected chi connectivity index (χ4v) is 2.34. The predicted molar refractivity (Wildman–Crippen MR) is 76.7 cm³/mol. The quantitative estimate of drug-likeness (QED) is 0.732. The van der Waals surface area contributed by atoms with Crippen LogP contribution in [0.2, 0.25) is 0 Å². The van der Waals surface area contributed by atoms with Crippen LogP contribution >= 0.6 is 0 Å². The van der Waals surface area contributed by atoms with E-state index in [0.29, 0.717) is 6.04 Å². The lowest BCUT2D eigenvalue weighted by atomic mass is 10.1. The maximum atomic E-state index is 4.25. The molecule has 0 fully saturated rings. The van der Waals surface area contributed by atoms with E-state index < -0.39 is 0 Å². The molecule has 0 spiro atoms. The lowest BCUT2D eigenvalue weighted by molar-refractivity contribution is 0.287. The molecule has 0 bridgehead atoms. The van der Waals surface area contributed by atoms with Crippen molar-refractivity contribution in [3.63, 3.8) is 0 Å². The molecule has 0 aliphatic carbocycles. The smallest absolute Gasteiger partial charge is 0.0951 e. The van der Waals surface area contributed by atoms with Crippen molar-refractivity contribution >= 4 is 0 Å². The number of nitrogens with zero attached hydrogens (tertiary/aromatic N) is 3. The van der Waals surface area contributed by atoms with E-state index in [1.54, 1.807) is 0 Å². The molecular weight excluding hydrogens is 224 g/mol. The molecule has 1 heterocycles. The summed E-state index contributed by atoms with van der Waals surface area (Å²) < 4.78 is 2.29. The molecule has 4 nitrogen and oxygen atoms in total. The number of hydrogen-bond acceptors (Lipinski definition) is 3. The van der Waals surface area contributed by atoms with Crippen LogP contribution in [-0.4, -0.2) is 41.1 Å². The summed E-state index contributed by atoms with van der Waals surface area (Å²) >= 11 is 0. The van der Waals surface area contributed by atoms with Crippen LogP contribution in [0.4, 0.5) is 0 Å². The molecule has 18 heavy (non-hydrogen) atoms. The first kappa shape index (κ1) is 15.2. The second kappa shape index (κ2) is 8.27. The maximum absolute atomic E-state index is 4.25. The van der Waals surface area contributed by atoms with Gasteiger partial charge in [-0.1, -0.05) is 13.8 Å². The van der Waals surface area contributed by atoms with Crippen LogP contribution in [0.15, 0.2) is 12.5 Å². The van der Waals surface area contributed by atoms with Crippen molar-refractivity contribution in [2.75, 3.05) is 26.7 Å². The van der Waals surface area contributed by atoms with Gasteiger partial charge in [-0.15, -0.1) is 0 Å². The molecule has 0 aromatic carbocycles. The van der Waals surface area contributed by atoms with Crippen molar-refractivity contribution in [1.29, 1.82) is 0 Å². The minimum Gasteiger partial charge on any atom is -0.331 e. The van der Waals surface area contributed by atoms with E-state index >= 15 is 0 Å². The molecule has 0 aliphatic heterocycles. The number of hydrogen-bond donors (Lipinski definition) is 1. The van der Waals surface area contributed by atoms with Crippen LogP contribution in [0.1, 0.15) is 45.3 Å². The Morgan fingerprint density at radius 3 is 2.72 bits per heavy atom. The van der Waals surface area contributed by atoms with Gasteiger partial charge in [-0.2, -0.15) is 0 Å². The third-order valence-electron chi connectivity index (χ3n) is 3.57. The van der Waals surface area contributed by atoms with E-state index in [1.165, 1.54) is 25.1 Å². The first-order valence-corrected chi connectivity index (χ1v) is 7.10. The molecule has 1 aromatic rings. The van der Waals surface area contributed by atoms with Crippen molar-refractivity contribution in [2.45, 2.75) is 46.2 Å². The van der Waals surface area contributed by atoms with Crippen LogP contribution < -0.4 is 5.32 Å². The van der Waals surface area contributed by atoms with Crippen molar-refractivity contribution in [3.8, 4) is 0 Å². The average molecular weight is 252 g/mol. The summed E-state index contributed by atoms with van der Waals surface area (Å²) in [5.74, 6) is 0. The topological polar surface area (TPSA) is 33.1 Å². The zero-order valence-electron chi connectivity index (χ0n) is 12.3. The number of aromatic nitrogens is 2. The lowest BCUT2D eigenvalue weighted by Gasteiger charge is -2.20. The summed E-state index contributed by atoms with van der Waals surface area (Å²) in [6, 6.07) is 0.534. The van der Waals surface area contributed by atoms with Gasteiger partial charge >= 0.3 is 0 Å². The second-order valence-electron chi connectivity index (χ2n) is 4.84. The number of nitrogens with one attached hydrogen (secondary N) is 1. The molecule has 1 atom stereocenters. The first-order valence-electron chi connectivity index (χ1n) is 7.10. The predicted octanol–water partition coefficient (Wildman–Crippen LogP) is 2.29. The Morgan fingerprint density at radius 2 is 2.11 bits per heavy atom. The average Bonchev–Trinajstić information content (AvgIpc) is 2.83. The Kier molecular flexibility index (Phi) is 6.98. The van der Waals surface area contributed by atoms with Crippen LogP contribution in [0.5, 0.6) is 0 Å². The highest BCUT2D eigenvalue weighted by Gasteiger charge is 2.09. The van der Waals surface area contributed by atoms with Crippen molar-refractivity contribution in [1.82, 2.24) is 19.8 Å². The molecule has 0 saturated carbocycles. The molecule has 1 N–H and O–H groups in total. The van der Waals surface area contributed by atoms with E-state index in [2.05, 4.69) is 40.5 Å². The van der Waals surface area contributed by atoms with Gasteiger partial charge in [0.2, 0.25) is 0 Å². The largest absolute Gasteiger partial charge is 0.331 e. The van der Waals surface area contributed by atoms with Crippen LogP contribution in [-0.2, 0) is 6.54 Å². The molecule has 0 radical (unpaired) electrons. The summed E-state index contributed by atoms with van der Waals surface area (Å²) in [5, 5.41) is 3.19. The van der Waals surface area contributed by atoms with Gasteiger partial charge in [0.05, 0.1) is 12.0 Å². The maximum Gasteiger partial charge on any atom is 0.0951 e. The van der Waals surface area contributed by atoms with Crippen molar-refractivity contribution in [2.24, 2.45) is 0 Å². The van der Waals surface area contributed by atoms with Gasteiger partial charge in [0.25, 0.3) is 0 Å². The zero-order valence-corrected chi connectivity index (χ0v) is 12.3. The summed E-state index contributed by atoms with van der Waals surface area (Å²) in [6.45, 7) is 11.1. The normalized spacial score (nSPS) is 13.2. The Hall–Kier alpha value is -0.870. The lowest BCUT2D eigenvalue weighted by Crippen LogP contribution is -2.24. The van der Waals surface area contributed by atoms with Crippen molar-refractivity contribution in [3.05, 3.63) is 18.2 Å². The third-order valence-corrected chi connectivity index (χ3v) is 3.57. The molecule has 1 rings (SSSR count). The van der Waals surface area contributed by atoms with Gasteiger partial charge in [0.15, 0.2) is 0 Å². The highest BCUT2D eigenvalue weighted by atomic mass is 15.1. The van der Waals surface area contributed by atoms with Crippen LogP contribution in [0.3, 0.4) is 0 Å². The van der Waals surface area contributed by atoms with E-state index in [-0.39, 0.29) is 0 Å². The van der Waals surface area contributed by atoms with Gasteiger partial charge in [-0.3, -0.25) is 0 Å². The Morgan fingerprint density at radius 1 is 1.39 bits per heavy atom. The highest BCUT2D eigenvalue weighted by molar-refractivity contribution is 4.99.